The van der Waals surface area contributed by atoms with Crippen molar-refractivity contribution in [1.82, 2.24) is 58.6 Å². The van der Waals surface area contributed by atoms with E-state index in [9.17, 15) is 8.78 Å². The third-order valence-electron chi connectivity index (χ3n) is 11.8. The molecule has 2 aliphatic heterocycles. The number of pyridine rings is 2. The molecule has 0 amide bonds. The lowest BCUT2D eigenvalue weighted by Crippen LogP contribution is -2.18. The second-order valence-electron chi connectivity index (χ2n) is 16.2. The molecule has 8 aromatic rings. The number of nitrogens with zero attached hydrogens (tertiary/aromatic N) is 12. The van der Waals surface area contributed by atoms with Crippen molar-refractivity contribution in [3.63, 3.8) is 0 Å². The maximum Gasteiger partial charge on any atom is 0.238 e. The summed E-state index contributed by atoms with van der Waals surface area (Å²) in [7, 11) is 3.20. The number of aromatic nitrogens is 12. The minimum Gasteiger partial charge on any atom is -0.479 e. The van der Waals surface area contributed by atoms with Crippen LogP contribution in [0.25, 0.3) is 35.7 Å². The lowest BCUT2D eigenvalue weighted by atomic mass is 9.88. The number of benzene rings is 2. The SMILES string of the molecule is COc1nc(/C=C/c2nc3n(n2)CCC[C@@H]3c2ccccc2CF)ccc1-n1cnc(C)c1.COc1nc(/C=C/c2nc3n(n2)CCC[C@H]3c2ccccc2CF)ccc1-n1cnc(C)c1. The number of hydrogen-bond donors (Lipinski definition) is 0. The summed E-state index contributed by atoms with van der Waals surface area (Å²) in [4.78, 5) is 27.3. The highest BCUT2D eigenvalue weighted by Crippen LogP contribution is 2.36. The number of aryl methyl sites for hydroxylation is 4. The lowest BCUT2D eigenvalue weighted by Gasteiger charge is -2.23. The first-order chi connectivity index (χ1) is 32.3. The largest absolute Gasteiger partial charge is 0.479 e. The molecule has 336 valence electrons. The Morgan fingerprint density at radius 2 is 1.02 bits per heavy atom. The zero-order valence-electron chi connectivity index (χ0n) is 37.3. The average molecular weight is 889 g/mol. The van der Waals surface area contributed by atoms with Crippen molar-refractivity contribution >= 4 is 24.3 Å². The number of alkyl halides is 2. The smallest absolute Gasteiger partial charge is 0.238 e. The number of imidazole rings is 2. The van der Waals surface area contributed by atoms with Crippen LogP contribution in [-0.2, 0) is 26.4 Å². The number of hydrogen-bond acceptors (Lipinski definition) is 10. The second-order valence-corrected chi connectivity index (χ2v) is 16.2. The van der Waals surface area contributed by atoms with E-state index in [1.807, 2.05) is 142 Å². The molecule has 0 unspecified atom stereocenters. The first kappa shape index (κ1) is 43.6. The Morgan fingerprint density at radius 1 is 0.576 bits per heavy atom. The molecule has 2 aliphatic rings. The monoisotopic (exact) mass is 888 g/mol. The van der Waals surface area contributed by atoms with E-state index in [1.54, 1.807) is 26.9 Å². The van der Waals surface area contributed by atoms with Gasteiger partial charge in [-0.05, 0) is 110 Å². The zero-order valence-corrected chi connectivity index (χ0v) is 37.3. The fourth-order valence-corrected chi connectivity index (χ4v) is 8.66. The summed E-state index contributed by atoms with van der Waals surface area (Å²) < 4.78 is 45.8. The normalized spacial score (nSPS) is 15.7. The Bertz CT molecular complexity index is 2820. The van der Waals surface area contributed by atoms with Gasteiger partial charge in [0.1, 0.15) is 36.4 Å². The number of methoxy groups -OCH3 is 2. The van der Waals surface area contributed by atoms with Gasteiger partial charge in [-0.2, -0.15) is 10.2 Å². The minimum absolute atomic E-state index is 0.0523. The topological polar surface area (TPSA) is 141 Å². The van der Waals surface area contributed by atoms with Crippen LogP contribution in [0.1, 0.15) is 106 Å². The summed E-state index contributed by atoms with van der Waals surface area (Å²) in [6, 6.07) is 23.1. The van der Waals surface area contributed by atoms with E-state index < -0.39 is 13.3 Å². The third-order valence-corrected chi connectivity index (χ3v) is 11.8. The van der Waals surface area contributed by atoms with Gasteiger partial charge in [0.2, 0.25) is 11.8 Å². The second kappa shape index (κ2) is 19.6. The van der Waals surface area contributed by atoms with Crippen LogP contribution in [0.4, 0.5) is 8.78 Å². The molecule has 0 radical (unpaired) electrons. The number of ether oxygens (including phenoxy) is 2. The van der Waals surface area contributed by atoms with Crippen LogP contribution in [0.15, 0.2) is 97.8 Å². The average Bonchev–Trinajstić information content (AvgIpc) is 4.19. The van der Waals surface area contributed by atoms with Crippen molar-refractivity contribution in [3.05, 3.63) is 166 Å². The third kappa shape index (κ3) is 9.30. The van der Waals surface area contributed by atoms with Gasteiger partial charge in [0.05, 0.1) is 49.6 Å². The number of halogens is 2. The van der Waals surface area contributed by atoms with Crippen LogP contribution in [0.2, 0.25) is 0 Å². The Balaban J connectivity index is 0.000000166. The Morgan fingerprint density at radius 3 is 1.41 bits per heavy atom. The van der Waals surface area contributed by atoms with Gasteiger partial charge in [-0.25, -0.2) is 48.0 Å². The zero-order chi connectivity index (χ0) is 45.6. The van der Waals surface area contributed by atoms with E-state index in [0.29, 0.717) is 23.4 Å². The summed E-state index contributed by atoms with van der Waals surface area (Å²) in [6.07, 6.45) is 18.6. The van der Waals surface area contributed by atoms with Crippen molar-refractivity contribution < 1.29 is 18.3 Å². The maximum absolute atomic E-state index is 13.6. The molecule has 0 saturated heterocycles. The summed E-state index contributed by atoms with van der Waals surface area (Å²) in [5.41, 5.74) is 8.40. The van der Waals surface area contributed by atoms with Gasteiger partial charge in [-0.3, -0.25) is 0 Å². The van der Waals surface area contributed by atoms with E-state index in [1.165, 1.54) is 0 Å². The van der Waals surface area contributed by atoms with E-state index in [-0.39, 0.29) is 11.8 Å². The molecule has 2 atom stereocenters. The lowest BCUT2D eigenvalue weighted by molar-refractivity contribution is 0.395. The number of fused-ring (bicyclic) bond motifs is 2. The molecule has 16 heteroatoms. The highest BCUT2D eigenvalue weighted by atomic mass is 19.1. The molecule has 14 nitrogen and oxygen atoms in total. The summed E-state index contributed by atoms with van der Waals surface area (Å²) >= 11 is 0. The molecule has 2 aromatic carbocycles. The molecule has 0 N–H and O–H groups in total. The highest BCUT2D eigenvalue weighted by molar-refractivity contribution is 5.67. The van der Waals surface area contributed by atoms with Crippen LogP contribution in [-0.4, -0.2) is 72.8 Å². The minimum atomic E-state index is -0.476. The molecular formula is C50H50F2N12O2. The maximum atomic E-state index is 13.6. The van der Waals surface area contributed by atoms with Crippen molar-refractivity contribution in [2.24, 2.45) is 0 Å². The fraction of sp³-hybridized carbons (Fsp3) is 0.280. The molecule has 6 aromatic heterocycles. The van der Waals surface area contributed by atoms with E-state index >= 15 is 0 Å². The van der Waals surface area contributed by atoms with Crippen LogP contribution < -0.4 is 9.47 Å². The Kier molecular flexibility index (Phi) is 13.0. The van der Waals surface area contributed by atoms with Crippen molar-refractivity contribution in [1.29, 1.82) is 0 Å². The van der Waals surface area contributed by atoms with Crippen LogP contribution in [0.5, 0.6) is 11.8 Å². The van der Waals surface area contributed by atoms with Crippen molar-refractivity contribution in [3.8, 4) is 23.1 Å². The van der Waals surface area contributed by atoms with Crippen molar-refractivity contribution in [2.75, 3.05) is 14.2 Å². The summed E-state index contributed by atoms with van der Waals surface area (Å²) in [5.74, 6) is 4.13. The molecule has 10 rings (SSSR count). The van der Waals surface area contributed by atoms with E-state index in [2.05, 4.69) is 30.1 Å². The quantitative estimate of drug-likeness (QED) is 0.117. The molecule has 0 bridgehead atoms. The first-order valence-electron chi connectivity index (χ1n) is 22.0. The predicted octanol–water partition coefficient (Wildman–Crippen LogP) is 9.48. The fourth-order valence-electron chi connectivity index (χ4n) is 8.66. The van der Waals surface area contributed by atoms with Crippen molar-refractivity contribution in [2.45, 2.75) is 77.8 Å². The van der Waals surface area contributed by atoms with Crippen LogP contribution >= 0.6 is 0 Å². The molecule has 0 saturated carbocycles. The Hall–Kier alpha value is -7.62. The molecule has 66 heavy (non-hydrogen) atoms. The van der Waals surface area contributed by atoms with E-state index in [4.69, 9.17) is 19.4 Å². The van der Waals surface area contributed by atoms with Gasteiger partial charge < -0.3 is 18.6 Å². The molecule has 0 spiro atoms. The summed E-state index contributed by atoms with van der Waals surface area (Å²) in [5, 5.41) is 9.32. The van der Waals surface area contributed by atoms with E-state index in [0.717, 1.165) is 107 Å². The van der Waals surface area contributed by atoms with Gasteiger partial charge >= 0.3 is 0 Å². The standard InChI is InChI=1S/2C25H25FN6O/c2*1-17-15-31(16-27-17)22-11-9-19(28-25(22)33-2)10-12-23-29-24-21(8-5-13-32(24)30-23)20-7-4-3-6-18(20)14-26/h2*3-4,6-7,9-12,15-16,21H,5,8,13-14H2,1-2H3/b2*12-10+/t2*21-/m10/s1. The van der Waals surface area contributed by atoms with Gasteiger partial charge in [0.15, 0.2) is 11.6 Å². The molecule has 8 heterocycles. The van der Waals surface area contributed by atoms with Gasteiger partial charge in [0.25, 0.3) is 0 Å². The first-order valence-corrected chi connectivity index (χ1v) is 22.0. The summed E-state index contributed by atoms with van der Waals surface area (Å²) in [6.45, 7) is 4.55. The highest BCUT2D eigenvalue weighted by Gasteiger charge is 2.28. The van der Waals surface area contributed by atoms with Crippen LogP contribution in [0, 0.1) is 13.8 Å². The molecule has 0 fully saturated rings. The molecule has 0 aliphatic carbocycles. The van der Waals surface area contributed by atoms with Crippen LogP contribution in [0.3, 0.4) is 0 Å². The van der Waals surface area contributed by atoms with Gasteiger partial charge in [-0.1, -0.05) is 48.5 Å². The predicted molar refractivity (Wildman–Crippen MR) is 248 cm³/mol. The number of rotatable bonds is 12. The van der Waals surface area contributed by atoms with Gasteiger partial charge in [-0.15, -0.1) is 0 Å². The van der Waals surface area contributed by atoms with Gasteiger partial charge in [0, 0.05) is 37.3 Å². The molecular weight excluding hydrogens is 839 g/mol. The Labute approximate surface area is 381 Å².